The highest BCUT2D eigenvalue weighted by atomic mass is 31.1. The van der Waals surface area contributed by atoms with Gasteiger partial charge in [0.05, 0.1) is 22.1 Å². The minimum atomic E-state index is -1.09. The topological polar surface area (TPSA) is 70.0 Å². The second-order valence-corrected chi connectivity index (χ2v) is 6.46. The quantitative estimate of drug-likeness (QED) is 0.653. The van der Waals surface area contributed by atoms with E-state index in [4.69, 9.17) is 9.47 Å². The van der Waals surface area contributed by atoms with Gasteiger partial charge in [-0.2, -0.15) is 9.97 Å². The molecule has 0 saturated carbocycles. The zero-order chi connectivity index (χ0) is 16.1. The van der Waals surface area contributed by atoms with Crippen molar-refractivity contribution >= 4 is 24.4 Å². The van der Waals surface area contributed by atoms with Crippen LogP contribution in [0.4, 0.5) is 0 Å². The van der Waals surface area contributed by atoms with E-state index in [1.54, 1.807) is 38.7 Å². The number of hydrogen-bond acceptors (Lipinski definition) is 6. The van der Waals surface area contributed by atoms with Crippen molar-refractivity contribution in [3.8, 4) is 11.8 Å². The Labute approximate surface area is 135 Å². The molecule has 0 radical (unpaired) electrons. The molecule has 0 saturated heterocycles. The maximum atomic E-state index is 5.22. The Bertz CT molecular complexity index is 738. The number of nitrogens with zero attached hydrogens (tertiary/aromatic N) is 4. The summed E-state index contributed by atoms with van der Waals surface area (Å²) < 4.78 is 10.4. The number of methoxy groups -OCH3 is 2. The summed E-state index contributed by atoms with van der Waals surface area (Å²) in [4.78, 5) is 17.8. The zero-order valence-corrected chi connectivity index (χ0v) is 13.6. The predicted octanol–water partition coefficient (Wildman–Crippen LogP) is 1.04. The fourth-order valence-electron chi connectivity index (χ4n) is 2.01. The summed E-state index contributed by atoms with van der Waals surface area (Å²) >= 11 is 0. The summed E-state index contributed by atoms with van der Waals surface area (Å²) in [5, 5.41) is 1.06. The third-order valence-corrected chi connectivity index (χ3v) is 5.11. The molecule has 0 aliphatic carbocycles. The first-order valence-electron chi connectivity index (χ1n) is 6.91. The third kappa shape index (κ3) is 3.43. The van der Waals surface area contributed by atoms with Crippen LogP contribution < -0.4 is 25.9 Å². The summed E-state index contributed by atoms with van der Waals surface area (Å²) in [6.45, 7) is 0. The molecule has 1 aromatic carbocycles. The van der Waals surface area contributed by atoms with Gasteiger partial charge in [0, 0.05) is 24.5 Å². The minimum absolute atomic E-state index is 0.515. The molecule has 0 fully saturated rings. The van der Waals surface area contributed by atoms with Crippen LogP contribution in [0.15, 0.2) is 54.9 Å². The fraction of sp³-hybridized carbons (Fsp3) is 0.125. The molecule has 0 unspecified atom stereocenters. The number of ether oxygens (including phenoxy) is 2. The van der Waals surface area contributed by atoms with Gasteiger partial charge in [-0.3, -0.25) is 0 Å². The van der Waals surface area contributed by atoms with Crippen LogP contribution in [0.3, 0.4) is 0 Å². The maximum absolute atomic E-state index is 5.22. The lowest BCUT2D eigenvalue weighted by Gasteiger charge is -2.15. The third-order valence-electron chi connectivity index (χ3n) is 3.07. The highest BCUT2D eigenvalue weighted by Gasteiger charge is 2.23. The van der Waals surface area contributed by atoms with E-state index in [2.05, 4.69) is 19.9 Å². The van der Waals surface area contributed by atoms with Gasteiger partial charge in [-0.25, -0.2) is 9.97 Å². The first-order chi connectivity index (χ1) is 11.3. The zero-order valence-electron chi connectivity index (χ0n) is 12.7. The minimum Gasteiger partial charge on any atom is -0.481 e. The van der Waals surface area contributed by atoms with Crippen LogP contribution in [0.25, 0.3) is 0 Å². The molecular weight excluding hydrogens is 311 g/mol. The van der Waals surface area contributed by atoms with Crippen molar-refractivity contribution in [3.05, 3.63) is 54.9 Å². The molecule has 3 rings (SSSR count). The average molecular weight is 326 g/mol. The van der Waals surface area contributed by atoms with Crippen LogP contribution in [0.2, 0.25) is 0 Å². The first kappa shape index (κ1) is 15.3. The van der Waals surface area contributed by atoms with Crippen molar-refractivity contribution in [2.75, 3.05) is 14.2 Å². The van der Waals surface area contributed by atoms with E-state index in [0.29, 0.717) is 22.9 Å². The van der Waals surface area contributed by atoms with Crippen LogP contribution in [-0.4, -0.2) is 34.2 Å². The van der Waals surface area contributed by atoms with E-state index in [1.807, 2.05) is 30.3 Å². The highest BCUT2D eigenvalue weighted by molar-refractivity contribution is 7.79. The fourth-order valence-corrected chi connectivity index (χ4v) is 3.88. The Hall–Kier alpha value is -2.59. The summed E-state index contributed by atoms with van der Waals surface area (Å²) in [5.74, 6) is 1.03. The van der Waals surface area contributed by atoms with Crippen LogP contribution in [0.1, 0.15) is 0 Å². The summed E-state index contributed by atoms with van der Waals surface area (Å²) in [5.41, 5.74) is 1.28. The molecule has 0 bridgehead atoms. The lowest BCUT2D eigenvalue weighted by atomic mass is 10.4. The molecule has 2 aromatic heterocycles. The lowest BCUT2D eigenvalue weighted by molar-refractivity contribution is 0.398. The smallest absolute Gasteiger partial charge is 0.216 e. The molecule has 116 valence electrons. The number of aromatic nitrogens is 4. The highest BCUT2D eigenvalue weighted by Crippen LogP contribution is 2.30. The lowest BCUT2D eigenvalue weighted by Crippen LogP contribution is -2.28. The molecule has 3 aromatic rings. The standard InChI is InChI=1S/C16H15N4O2P/c1-21-13-8-10-17-15(19-13)23(12-6-4-3-5-7-12)16-18-11-9-14(20-16)22-2/h3-11H,1-2H3. The van der Waals surface area contributed by atoms with Crippen molar-refractivity contribution in [2.45, 2.75) is 0 Å². The molecule has 23 heavy (non-hydrogen) atoms. The summed E-state index contributed by atoms with van der Waals surface area (Å²) in [6, 6.07) is 13.4. The normalized spacial score (nSPS) is 10.6. The number of hydrogen-bond donors (Lipinski definition) is 0. The van der Waals surface area contributed by atoms with E-state index in [9.17, 15) is 0 Å². The van der Waals surface area contributed by atoms with Crippen molar-refractivity contribution < 1.29 is 9.47 Å². The molecule has 6 nitrogen and oxygen atoms in total. The SMILES string of the molecule is COc1ccnc(P(c2ccccc2)c2nccc(OC)n2)n1. The van der Waals surface area contributed by atoms with Crippen molar-refractivity contribution in [3.63, 3.8) is 0 Å². The molecule has 2 heterocycles. The van der Waals surface area contributed by atoms with Gasteiger partial charge >= 0.3 is 0 Å². The Kier molecular flexibility index (Phi) is 4.74. The number of rotatable bonds is 5. The Morgan fingerprint density at radius 1 is 0.739 bits per heavy atom. The van der Waals surface area contributed by atoms with E-state index < -0.39 is 7.92 Å². The summed E-state index contributed by atoms with van der Waals surface area (Å²) in [6.07, 6.45) is 3.36. The van der Waals surface area contributed by atoms with Gasteiger partial charge in [0.15, 0.2) is 11.1 Å². The number of benzene rings is 1. The average Bonchev–Trinajstić information content (AvgIpc) is 2.63. The molecule has 0 N–H and O–H groups in total. The Balaban J connectivity index is 2.13. The summed E-state index contributed by atoms with van der Waals surface area (Å²) in [7, 11) is 2.07. The molecule has 0 amide bonds. The Morgan fingerprint density at radius 2 is 1.26 bits per heavy atom. The van der Waals surface area contributed by atoms with Crippen LogP contribution in [0.5, 0.6) is 11.8 Å². The van der Waals surface area contributed by atoms with E-state index in [0.717, 1.165) is 5.30 Å². The van der Waals surface area contributed by atoms with Crippen molar-refractivity contribution in [1.82, 2.24) is 19.9 Å². The van der Waals surface area contributed by atoms with E-state index in [1.165, 1.54) is 0 Å². The largest absolute Gasteiger partial charge is 0.481 e. The van der Waals surface area contributed by atoms with Gasteiger partial charge in [-0.15, -0.1) is 0 Å². The van der Waals surface area contributed by atoms with Gasteiger partial charge in [0.1, 0.15) is 0 Å². The van der Waals surface area contributed by atoms with Gasteiger partial charge in [-0.1, -0.05) is 30.3 Å². The van der Waals surface area contributed by atoms with Crippen molar-refractivity contribution in [1.29, 1.82) is 0 Å². The second-order valence-electron chi connectivity index (χ2n) is 4.47. The Morgan fingerprint density at radius 3 is 1.74 bits per heavy atom. The van der Waals surface area contributed by atoms with Gasteiger partial charge in [0.2, 0.25) is 11.8 Å². The van der Waals surface area contributed by atoms with E-state index >= 15 is 0 Å². The predicted molar refractivity (Wildman–Crippen MR) is 89.4 cm³/mol. The molecule has 0 spiro atoms. The van der Waals surface area contributed by atoms with Crippen LogP contribution in [-0.2, 0) is 0 Å². The second kappa shape index (κ2) is 7.11. The van der Waals surface area contributed by atoms with Crippen LogP contribution >= 0.6 is 7.92 Å². The van der Waals surface area contributed by atoms with Gasteiger partial charge < -0.3 is 9.47 Å². The van der Waals surface area contributed by atoms with E-state index in [-0.39, 0.29) is 0 Å². The molecular formula is C16H15N4O2P. The molecule has 7 heteroatoms. The van der Waals surface area contributed by atoms with Gasteiger partial charge in [0.25, 0.3) is 0 Å². The van der Waals surface area contributed by atoms with Gasteiger partial charge in [-0.05, 0) is 5.30 Å². The van der Waals surface area contributed by atoms with Crippen molar-refractivity contribution in [2.24, 2.45) is 0 Å². The van der Waals surface area contributed by atoms with Crippen LogP contribution in [0, 0.1) is 0 Å². The maximum Gasteiger partial charge on any atom is 0.216 e. The molecule has 0 aliphatic rings. The molecule has 0 atom stereocenters. The monoisotopic (exact) mass is 326 g/mol. The molecule has 0 aliphatic heterocycles. The first-order valence-corrected chi connectivity index (χ1v) is 8.25.